The number of rotatable bonds is 3. The molecule has 0 spiro atoms. The molecule has 3 heteroatoms. The molecule has 0 bridgehead atoms. The number of ether oxygens (including phenoxy) is 2. The molecule has 1 fully saturated rings. The van der Waals surface area contributed by atoms with Crippen LogP contribution in [0.25, 0.3) is 0 Å². The first-order valence-electron chi connectivity index (χ1n) is 4.04. The summed E-state index contributed by atoms with van der Waals surface area (Å²) >= 11 is 0. The molecule has 0 radical (unpaired) electrons. The van der Waals surface area contributed by atoms with Crippen molar-refractivity contribution in [3.63, 3.8) is 0 Å². The van der Waals surface area contributed by atoms with E-state index in [2.05, 4.69) is 6.58 Å². The lowest BCUT2D eigenvalue weighted by molar-refractivity contribution is -0.250. The standard InChI is InChI=1S/C9H14O3/c1-7(2)8(10)12-9(11-3)5-4-6-9/h1,4-6H2,2-3H3. The van der Waals surface area contributed by atoms with Crippen LogP contribution < -0.4 is 0 Å². The topological polar surface area (TPSA) is 35.5 Å². The number of hydrogen-bond acceptors (Lipinski definition) is 3. The van der Waals surface area contributed by atoms with E-state index in [9.17, 15) is 4.79 Å². The second-order valence-electron chi connectivity index (χ2n) is 3.14. The van der Waals surface area contributed by atoms with Crippen molar-refractivity contribution >= 4 is 5.97 Å². The second-order valence-corrected chi connectivity index (χ2v) is 3.14. The van der Waals surface area contributed by atoms with Crippen LogP contribution in [0, 0.1) is 0 Å². The smallest absolute Gasteiger partial charge is 0.335 e. The van der Waals surface area contributed by atoms with Gasteiger partial charge in [-0.15, -0.1) is 0 Å². The van der Waals surface area contributed by atoms with Crippen LogP contribution in [0.2, 0.25) is 0 Å². The van der Waals surface area contributed by atoms with Crippen LogP contribution >= 0.6 is 0 Å². The molecular weight excluding hydrogens is 156 g/mol. The molecule has 0 saturated heterocycles. The maximum Gasteiger partial charge on any atom is 0.335 e. The van der Waals surface area contributed by atoms with E-state index in [-0.39, 0.29) is 5.97 Å². The van der Waals surface area contributed by atoms with Gasteiger partial charge in [0.1, 0.15) is 0 Å². The third-order valence-electron chi connectivity index (χ3n) is 2.11. The minimum atomic E-state index is -0.643. The van der Waals surface area contributed by atoms with Gasteiger partial charge in [-0.05, 0) is 13.3 Å². The fourth-order valence-corrected chi connectivity index (χ4v) is 1.07. The fourth-order valence-electron chi connectivity index (χ4n) is 1.07. The van der Waals surface area contributed by atoms with Crippen molar-refractivity contribution < 1.29 is 14.3 Å². The molecule has 0 aromatic carbocycles. The third kappa shape index (κ3) is 1.67. The Morgan fingerprint density at radius 1 is 1.50 bits per heavy atom. The predicted octanol–water partition coefficient (Wildman–Crippen LogP) is 1.63. The first-order valence-corrected chi connectivity index (χ1v) is 4.04. The van der Waals surface area contributed by atoms with Crippen molar-refractivity contribution in [2.24, 2.45) is 0 Å². The van der Waals surface area contributed by atoms with E-state index < -0.39 is 5.79 Å². The van der Waals surface area contributed by atoms with Gasteiger partial charge in [0.2, 0.25) is 5.79 Å². The van der Waals surface area contributed by atoms with Crippen LogP contribution in [0.5, 0.6) is 0 Å². The molecule has 1 aliphatic carbocycles. The number of esters is 1. The lowest BCUT2D eigenvalue weighted by atomic mass is 9.91. The Labute approximate surface area is 72.4 Å². The maximum atomic E-state index is 11.1. The Morgan fingerprint density at radius 3 is 2.33 bits per heavy atom. The van der Waals surface area contributed by atoms with Crippen LogP contribution in [0.15, 0.2) is 12.2 Å². The average molecular weight is 170 g/mol. The molecule has 68 valence electrons. The maximum absolute atomic E-state index is 11.1. The van der Waals surface area contributed by atoms with Crippen LogP contribution in [-0.4, -0.2) is 18.9 Å². The first-order chi connectivity index (χ1) is 5.59. The molecule has 0 atom stereocenters. The van der Waals surface area contributed by atoms with Crippen LogP contribution in [0.1, 0.15) is 26.2 Å². The Balaban J connectivity index is 2.48. The molecule has 1 aliphatic rings. The van der Waals surface area contributed by atoms with E-state index in [1.165, 1.54) is 0 Å². The highest BCUT2D eigenvalue weighted by Crippen LogP contribution is 2.36. The average Bonchev–Trinajstić information content (AvgIpc) is 1.96. The highest BCUT2D eigenvalue weighted by atomic mass is 16.7. The molecule has 0 heterocycles. The number of methoxy groups -OCH3 is 1. The van der Waals surface area contributed by atoms with Gasteiger partial charge in [-0.25, -0.2) is 4.79 Å². The molecule has 0 aliphatic heterocycles. The highest BCUT2D eigenvalue weighted by molar-refractivity contribution is 5.87. The van der Waals surface area contributed by atoms with Gasteiger partial charge >= 0.3 is 5.97 Å². The summed E-state index contributed by atoms with van der Waals surface area (Å²) in [5.41, 5.74) is 0.415. The lowest BCUT2D eigenvalue weighted by Gasteiger charge is -2.39. The molecular formula is C9H14O3. The van der Waals surface area contributed by atoms with E-state index in [1.54, 1.807) is 14.0 Å². The van der Waals surface area contributed by atoms with Crippen LogP contribution in [0.4, 0.5) is 0 Å². The third-order valence-corrected chi connectivity index (χ3v) is 2.11. The molecule has 1 rings (SSSR count). The summed E-state index contributed by atoms with van der Waals surface area (Å²) in [5, 5.41) is 0. The molecule has 0 N–H and O–H groups in total. The summed E-state index contributed by atoms with van der Waals surface area (Å²) < 4.78 is 10.2. The summed E-state index contributed by atoms with van der Waals surface area (Å²) in [7, 11) is 1.56. The van der Waals surface area contributed by atoms with E-state index >= 15 is 0 Å². The Kier molecular flexibility index (Phi) is 2.52. The summed E-state index contributed by atoms with van der Waals surface area (Å²) in [4.78, 5) is 11.1. The zero-order chi connectivity index (χ0) is 9.19. The largest absolute Gasteiger partial charge is 0.430 e. The number of carbonyl (C=O) groups excluding carboxylic acids is 1. The summed E-state index contributed by atoms with van der Waals surface area (Å²) in [6, 6.07) is 0. The van der Waals surface area contributed by atoms with Crippen molar-refractivity contribution in [2.75, 3.05) is 7.11 Å². The fraction of sp³-hybridized carbons (Fsp3) is 0.667. The van der Waals surface area contributed by atoms with E-state index in [1.807, 2.05) is 0 Å². The predicted molar refractivity (Wildman–Crippen MR) is 44.5 cm³/mol. The van der Waals surface area contributed by atoms with E-state index in [4.69, 9.17) is 9.47 Å². The van der Waals surface area contributed by atoms with Gasteiger partial charge in [0.05, 0.1) is 0 Å². The van der Waals surface area contributed by atoms with Crippen LogP contribution in [0.3, 0.4) is 0 Å². The van der Waals surface area contributed by atoms with Crippen LogP contribution in [-0.2, 0) is 14.3 Å². The van der Waals surface area contributed by atoms with E-state index in [0.717, 1.165) is 19.3 Å². The van der Waals surface area contributed by atoms with Gasteiger partial charge in [0.15, 0.2) is 0 Å². The molecule has 1 saturated carbocycles. The SMILES string of the molecule is C=C(C)C(=O)OC1(OC)CCC1. The lowest BCUT2D eigenvalue weighted by Crippen LogP contribution is -2.43. The van der Waals surface area contributed by atoms with Gasteiger partial charge < -0.3 is 9.47 Å². The molecule has 0 amide bonds. The first kappa shape index (κ1) is 9.26. The van der Waals surface area contributed by atoms with Crippen molar-refractivity contribution in [1.82, 2.24) is 0 Å². The van der Waals surface area contributed by atoms with Gasteiger partial charge in [0, 0.05) is 25.5 Å². The van der Waals surface area contributed by atoms with Gasteiger partial charge in [0.25, 0.3) is 0 Å². The zero-order valence-electron chi connectivity index (χ0n) is 7.55. The number of carbonyl (C=O) groups is 1. The minimum Gasteiger partial charge on any atom is -0.430 e. The Morgan fingerprint density at radius 2 is 2.08 bits per heavy atom. The van der Waals surface area contributed by atoms with Gasteiger partial charge in [-0.3, -0.25) is 0 Å². The minimum absolute atomic E-state index is 0.364. The molecule has 0 aromatic heterocycles. The van der Waals surface area contributed by atoms with Gasteiger partial charge in [-0.2, -0.15) is 0 Å². The van der Waals surface area contributed by atoms with Crippen molar-refractivity contribution in [3.05, 3.63) is 12.2 Å². The van der Waals surface area contributed by atoms with Gasteiger partial charge in [-0.1, -0.05) is 6.58 Å². The molecule has 0 aromatic rings. The Bertz CT molecular complexity index is 198. The monoisotopic (exact) mass is 170 g/mol. The van der Waals surface area contributed by atoms with Crippen molar-refractivity contribution in [2.45, 2.75) is 32.0 Å². The van der Waals surface area contributed by atoms with Crippen molar-refractivity contribution in [1.29, 1.82) is 0 Å². The highest BCUT2D eigenvalue weighted by Gasteiger charge is 2.41. The van der Waals surface area contributed by atoms with Crippen molar-refractivity contribution in [3.8, 4) is 0 Å². The Hall–Kier alpha value is -0.830. The molecule has 12 heavy (non-hydrogen) atoms. The number of hydrogen-bond donors (Lipinski definition) is 0. The molecule has 0 unspecified atom stereocenters. The zero-order valence-corrected chi connectivity index (χ0v) is 7.55. The summed E-state index contributed by atoms with van der Waals surface area (Å²) in [5.74, 6) is -1.01. The van der Waals surface area contributed by atoms with E-state index in [0.29, 0.717) is 5.57 Å². The summed E-state index contributed by atoms with van der Waals surface area (Å²) in [6.07, 6.45) is 2.64. The molecule has 3 nitrogen and oxygen atoms in total. The second kappa shape index (κ2) is 3.27. The summed E-state index contributed by atoms with van der Waals surface area (Å²) in [6.45, 7) is 5.13. The quantitative estimate of drug-likeness (QED) is 0.367. The normalized spacial score (nSPS) is 19.5.